The maximum absolute atomic E-state index is 11.8. The fraction of sp³-hybridized carbons (Fsp3) is 0.350. The molecule has 1 aromatic carbocycles. The smallest absolute Gasteiger partial charge is 0.340 e. The highest BCUT2D eigenvalue weighted by Gasteiger charge is 2.31. The first-order chi connectivity index (χ1) is 12.7. The van der Waals surface area contributed by atoms with Gasteiger partial charge in [-0.05, 0) is 30.0 Å². The van der Waals surface area contributed by atoms with Gasteiger partial charge in [0.05, 0.1) is 24.1 Å². The zero-order valence-corrected chi connectivity index (χ0v) is 15.7. The predicted octanol–water partition coefficient (Wildman–Crippen LogP) is 3.54. The van der Waals surface area contributed by atoms with Crippen LogP contribution < -0.4 is 4.74 Å². The third-order valence-electron chi connectivity index (χ3n) is 4.33. The molecule has 0 spiro atoms. The first-order valence-electron chi connectivity index (χ1n) is 8.53. The van der Waals surface area contributed by atoms with E-state index in [1.165, 1.54) is 0 Å². The summed E-state index contributed by atoms with van der Waals surface area (Å²) < 4.78 is 5.13. The van der Waals surface area contributed by atoms with E-state index in [2.05, 4.69) is 4.98 Å². The summed E-state index contributed by atoms with van der Waals surface area (Å²) >= 11 is 0. The molecule has 1 aromatic heterocycles. The van der Waals surface area contributed by atoms with Gasteiger partial charge in [0.25, 0.3) is 0 Å². The van der Waals surface area contributed by atoms with Gasteiger partial charge in [-0.2, -0.15) is 0 Å². The van der Waals surface area contributed by atoms with Crippen molar-refractivity contribution in [3.05, 3.63) is 52.3 Å². The van der Waals surface area contributed by atoms with Crippen LogP contribution >= 0.6 is 0 Å². The summed E-state index contributed by atoms with van der Waals surface area (Å²) in [5.41, 5.74) is -0.0658. The Labute approximate surface area is 157 Å². The zero-order chi connectivity index (χ0) is 20.3. The van der Waals surface area contributed by atoms with Crippen LogP contribution in [0.1, 0.15) is 64.4 Å². The minimum Gasteiger partial charge on any atom is -0.505 e. The van der Waals surface area contributed by atoms with Crippen molar-refractivity contribution in [2.45, 2.75) is 33.1 Å². The second kappa shape index (κ2) is 8.07. The number of hydrogen-bond donors (Lipinski definition) is 3. The summed E-state index contributed by atoms with van der Waals surface area (Å²) in [6.07, 6.45) is 0.328. The van der Waals surface area contributed by atoms with Gasteiger partial charge in [0.2, 0.25) is 0 Å². The number of aromatic hydroxyl groups is 1. The summed E-state index contributed by atoms with van der Waals surface area (Å²) in [6.45, 7) is 5.55. The number of aromatic nitrogens is 1. The van der Waals surface area contributed by atoms with Crippen LogP contribution in [0.5, 0.6) is 11.5 Å². The van der Waals surface area contributed by atoms with E-state index in [9.17, 15) is 24.9 Å². The lowest BCUT2D eigenvalue weighted by Gasteiger charge is -2.19. The van der Waals surface area contributed by atoms with Crippen molar-refractivity contribution in [3.63, 3.8) is 0 Å². The predicted molar refractivity (Wildman–Crippen MR) is 98.9 cm³/mol. The van der Waals surface area contributed by atoms with Gasteiger partial charge >= 0.3 is 11.9 Å². The van der Waals surface area contributed by atoms with Crippen molar-refractivity contribution in [1.82, 2.24) is 4.98 Å². The lowest BCUT2D eigenvalue weighted by atomic mass is 9.90. The molecule has 2 aromatic rings. The molecule has 144 valence electrons. The maximum Gasteiger partial charge on any atom is 0.340 e. The van der Waals surface area contributed by atoms with Crippen LogP contribution in [-0.4, -0.2) is 39.4 Å². The number of carbonyl (C=O) groups is 2. The molecule has 0 aliphatic carbocycles. The van der Waals surface area contributed by atoms with Gasteiger partial charge in [-0.25, -0.2) is 9.59 Å². The molecule has 0 amide bonds. The van der Waals surface area contributed by atoms with E-state index >= 15 is 0 Å². The van der Waals surface area contributed by atoms with E-state index in [0.717, 1.165) is 5.56 Å². The van der Waals surface area contributed by atoms with Crippen LogP contribution in [0.25, 0.3) is 0 Å². The Hall–Kier alpha value is -3.09. The lowest BCUT2D eigenvalue weighted by Crippen LogP contribution is -2.18. The number of methoxy groups -OCH3 is 1. The summed E-state index contributed by atoms with van der Waals surface area (Å²) in [4.78, 5) is 27.9. The van der Waals surface area contributed by atoms with Crippen molar-refractivity contribution >= 4 is 11.9 Å². The molecule has 0 bridgehead atoms. The van der Waals surface area contributed by atoms with Gasteiger partial charge in [0.15, 0.2) is 5.75 Å². The number of aromatic carboxylic acids is 2. The largest absolute Gasteiger partial charge is 0.505 e. The van der Waals surface area contributed by atoms with E-state index in [1.54, 1.807) is 38.3 Å². The number of carboxylic acid groups (broad SMARTS) is 2. The van der Waals surface area contributed by atoms with Crippen LogP contribution in [0.3, 0.4) is 0 Å². The second-order valence-electron chi connectivity index (χ2n) is 6.75. The van der Waals surface area contributed by atoms with Crippen molar-refractivity contribution < 1.29 is 29.6 Å². The molecule has 2 rings (SSSR count). The van der Waals surface area contributed by atoms with Gasteiger partial charge in [-0.15, -0.1) is 0 Å². The Morgan fingerprint density at radius 1 is 1.04 bits per heavy atom. The van der Waals surface area contributed by atoms with Crippen LogP contribution in [-0.2, 0) is 6.42 Å². The Bertz CT molecular complexity index is 858. The molecular formula is C20H23NO6. The first-order valence-corrected chi connectivity index (χ1v) is 8.53. The molecule has 0 saturated heterocycles. The van der Waals surface area contributed by atoms with Crippen molar-refractivity contribution in [3.8, 4) is 11.5 Å². The number of nitrogens with zero attached hydrogens (tertiary/aromatic N) is 1. The molecule has 0 radical (unpaired) electrons. The van der Waals surface area contributed by atoms with E-state index < -0.39 is 34.7 Å². The van der Waals surface area contributed by atoms with Crippen LogP contribution in [0.2, 0.25) is 0 Å². The maximum atomic E-state index is 11.8. The van der Waals surface area contributed by atoms with Crippen LogP contribution in [0.15, 0.2) is 24.3 Å². The molecule has 0 saturated carbocycles. The van der Waals surface area contributed by atoms with E-state index in [4.69, 9.17) is 4.74 Å². The molecule has 0 aliphatic heterocycles. The number of rotatable bonds is 7. The fourth-order valence-electron chi connectivity index (χ4n) is 2.96. The summed E-state index contributed by atoms with van der Waals surface area (Å²) in [6, 6.07) is 7.01. The Kier molecular flexibility index (Phi) is 6.05. The zero-order valence-electron chi connectivity index (χ0n) is 15.7. The Morgan fingerprint density at radius 2 is 1.59 bits per heavy atom. The molecule has 0 fully saturated rings. The highest BCUT2D eigenvalue weighted by atomic mass is 16.5. The molecular weight excluding hydrogens is 350 g/mol. The Morgan fingerprint density at radius 3 is 2.04 bits per heavy atom. The minimum absolute atomic E-state index is 0.102. The number of carboxylic acids is 2. The van der Waals surface area contributed by atoms with Gasteiger partial charge < -0.3 is 20.1 Å². The van der Waals surface area contributed by atoms with Crippen molar-refractivity contribution in [2.24, 2.45) is 5.92 Å². The number of ether oxygens (including phenoxy) is 1. The lowest BCUT2D eigenvalue weighted by molar-refractivity contribution is 0.0646. The second-order valence-corrected chi connectivity index (χ2v) is 6.75. The SMILES string of the molecule is COc1ccc(C(C)c2nc(CC(C)C)c(O)c(C(=O)O)c2C(=O)O)cc1. The van der Waals surface area contributed by atoms with Gasteiger partial charge in [0.1, 0.15) is 11.3 Å². The van der Waals surface area contributed by atoms with Gasteiger partial charge in [-0.3, -0.25) is 4.98 Å². The molecule has 3 N–H and O–H groups in total. The average molecular weight is 373 g/mol. The van der Waals surface area contributed by atoms with Crippen molar-refractivity contribution in [2.75, 3.05) is 7.11 Å². The number of hydrogen-bond acceptors (Lipinski definition) is 5. The highest BCUT2D eigenvalue weighted by Crippen LogP contribution is 2.35. The van der Waals surface area contributed by atoms with Crippen LogP contribution in [0.4, 0.5) is 0 Å². The number of benzene rings is 1. The molecule has 1 unspecified atom stereocenters. The number of pyridine rings is 1. The molecule has 7 nitrogen and oxygen atoms in total. The Balaban J connectivity index is 2.72. The first kappa shape index (κ1) is 20.2. The van der Waals surface area contributed by atoms with Crippen LogP contribution in [0, 0.1) is 5.92 Å². The summed E-state index contributed by atoms with van der Waals surface area (Å²) in [5, 5.41) is 29.5. The summed E-state index contributed by atoms with van der Waals surface area (Å²) in [5.74, 6) is -3.27. The topological polar surface area (TPSA) is 117 Å². The molecule has 1 heterocycles. The molecule has 27 heavy (non-hydrogen) atoms. The van der Waals surface area contributed by atoms with E-state index in [0.29, 0.717) is 12.2 Å². The normalized spacial score (nSPS) is 12.0. The molecule has 7 heteroatoms. The standard InChI is InChI=1S/C20H23NO6/c1-10(2)9-14-18(22)16(20(25)26)15(19(23)24)17(21-14)11(3)12-5-7-13(27-4)8-6-12/h5-8,10-11,22H,9H2,1-4H3,(H,23,24)(H,25,26). The third-order valence-corrected chi connectivity index (χ3v) is 4.33. The van der Waals surface area contributed by atoms with E-state index in [-0.39, 0.29) is 17.3 Å². The van der Waals surface area contributed by atoms with Gasteiger partial charge in [-0.1, -0.05) is 32.9 Å². The fourth-order valence-corrected chi connectivity index (χ4v) is 2.96. The third kappa shape index (κ3) is 4.19. The van der Waals surface area contributed by atoms with Gasteiger partial charge in [0, 0.05) is 5.92 Å². The summed E-state index contributed by atoms with van der Waals surface area (Å²) in [7, 11) is 1.54. The average Bonchev–Trinajstić information content (AvgIpc) is 2.61. The quantitative estimate of drug-likeness (QED) is 0.679. The van der Waals surface area contributed by atoms with Crippen molar-refractivity contribution in [1.29, 1.82) is 0 Å². The monoisotopic (exact) mass is 373 g/mol. The molecule has 1 atom stereocenters. The van der Waals surface area contributed by atoms with E-state index in [1.807, 2.05) is 13.8 Å². The molecule has 0 aliphatic rings. The highest BCUT2D eigenvalue weighted by molar-refractivity contribution is 6.04. The minimum atomic E-state index is -1.50.